The van der Waals surface area contributed by atoms with E-state index in [1.165, 1.54) is 16.9 Å². The summed E-state index contributed by atoms with van der Waals surface area (Å²) in [4.78, 5) is 32.2. The molecule has 2 heterocycles. The van der Waals surface area contributed by atoms with Crippen molar-refractivity contribution < 1.29 is 9.59 Å². The minimum atomic E-state index is -0.257. The molecule has 2 aromatic rings. The molecule has 0 saturated carbocycles. The van der Waals surface area contributed by atoms with Gasteiger partial charge < -0.3 is 10.2 Å². The van der Waals surface area contributed by atoms with Crippen LogP contribution in [0.25, 0.3) is 0 Å². The van der Waals surface area contributed by atoms with Crippen LogP contribution in [0.4, 0.5) is 9.93 Å². The molecule has 3 amide bonds. The summed E-state index contributed by atoms with van der Waals surface area (Å²) >= 11 is 1.44. The fraction of sp³-hybridized carbons (Fsp3) is 0.476. The number of hydrogen-bond donors (Lipinski definition) is 2. The van der Waals surface area contributed by atoms with Gasteiger partial charge in [-0.1, -0.05) is 44.2 Å². The normalized spacial score (nSPS) is 14.0. The van der Waals surface area contributed by atoms with Gasteiger partial charge in [0.15, 0.2) is 5.13 Å². The summed E-state index contributed by atoms with van der Waals surface area (Å²) in [6.45, 7) is 11.5. The molecule has 1 aromatic heterocycles. The first-order chi connectivity index (χ1) is 13.1. The minimum absolute atomic E-state index is 0.0339. The van der Waals surface area contributed by atoms with Crippen LogP contribution in [0.1, 0.15) is 61.1 Å². The summed E-state index contributed by atoms with van der Waals surface area (Å²) in [6, 6.07) is 7.69. The zero-order valence-electron chi connectivity index (χ0n) is 17.1. The molecule has 1 aliphatic heterocycles. The van der Waals surface area contributed by atoms with E-state index in [-0.39, 0.29) is 23.4 Å². The largest absolute Gasteiger partial charge is 0.336 e. The van der Waals surface area contributed by atoms with Crippen molar-refractivity contribution in [3.05, 3.63) is 46.0 Å². The van der Waals surface area contributed by atoms with Crippen molar-refractivity contribution in [2.45, 2.75) is 59.0 Å². The van der Waals surface area contributed by atoms with Crippen molar-refractivity contribution in [3.8, 4) is 0 Å². The van der Waals surface area contributed by atoms with E-state index < -0.39 is 0 Å². The minimum Gasteiger partial charge on any atom is -0.336 e. The lowest BCUT2D eigenvalue weighted by Crippen LogP contribution is -2.35. The maximum atomic E-state index is 12.9. The molecule has 2 N–H and O–H groups in total. The summed E-state index contributed by atoms with van der Waals surface area (Å²) in [7, 11) is 0. The van der Waals surface area contributed by atoms with Gasteiger partial charge >= 0.3 is 6.03 Å². The first kappa shape index (κ1) is 20.3. The molecule has 28 heavy (non-hydrogen) atoms. The second-order valence-corrected chi connectivity index (χ2v) is 9.53. The Balaban J connectivity index is 1.67. The van der Waals surface area contributed by atoms with Crippen LogP contribution in [0.15, 0.2) is 24.3 Å². The van der Waals surface area contributed by atoms with Crippen LogP contribution >= 0.6 is 11.3 Å². The van der Waals surface area contributed by atoms with E-state index in [1.807, 2.05) is 43.0 Å². The number of carbonyl (C=O) groups excluding carboxylic acids is 2. The lowest BCUT2D eigenvalue weighted by molar-refractivity contribution is 0.0736. The van der Waals surface area contributed by atoms with E-state index >= 15 is 0 Å². The van der Waals surface area contributed by atoms with Crippen molar-refractivity contribution in [3.63, 3.8) is 0 Å². The fourth-order valence-electron chi connectivity index (χ4n) is 3.11. The summed E-state index contributed by atoms with van der Waals surface area (Å²) < 4.78 is 0. The van der Waals surface area contributed by atoms with E-state index in [0.717, 1.165) is 10.6 Å². The predicted molar refractivity (Wildman–Crippen MR) is 113 cm³/mol. The second-order valence-electron chi connectivity index (χ2n) is 8.45. The summed E-state index contributed by atoms with van der Waals surface area (Å²) in [5, 5.41) is 6.14. The Morgan fingerprint density at radius 2 is 1.86 bits per heavy atom. The summed E-state index contributed by atoms with van der Waals surface area (Å²) in [5.74, 6) is 0.0339. The van der Waals surface area contributed by atoms with Gasteiger partial charge in [0.25, 0.3) is 5.91 Å². The smallest absolute Gasteiger partial charge is 0.321 e. The number of carbonyl (C=O) groups is 2. The van der Waals surface area contributed by atoms with Gasteiger partial charge in [-0.3, -0.25) is 10.1 Å². The van der Waals surface area contributed by atoms with Crippen molar-refractivity contribution in [2.24, 2.45) is 0 Å². The number of rotatable bonds is 3. The number of thiazole rings is 1. The van der Waals surface area contributed by atoms with Gasteiger partial charge in [0.2, 0.25) is 0 Å². The molecule has 1 aliphatic rings. The third-order valence-electron chi connectivity index (χ3n) is 4.66. The number of nitrogens with one attached hydrogen (secondary N) is 2. The molecule has 150 valence electrons. The number of benzene rings is 1. The van der Waals surface area contributed by atoms with Gasteiger partial charge in [-0.05, 0) is 37.0 Å². The van der Waals surface area contributed by atoms with Gasteiger partial charge in [0.1, 0.15) is 0 Å². The molecular formula is C21H28N4O2S. The molecule has 0 fully saturated rings. The van der Waals surface area contributed by atoms with Gasteiger partial charge in [-0.2, -0.15) is 0 Å². The highest BCUT2D eigenvalue weighted by molar-refractivity contribution is 7.15. The van der Waals surface area contributed by atoms with E-state index in [2.05, 4.69) is 36.4 Å². The monoisotopic (exact) mass is 400 g/mol. The Kier molecular flexibility index (Phi) is 5.74. The molecule has 6 nitrogen and oxygen atoms in total. The van der Waals surface area contributed by atoms with Crippen LogP contribution in [-0.2, 0) is 18.4 Å². The standard InChI is InChI=1S/C21H28N4O2S/c1-13(2)22-19(27)24-20-23-16-10-11-25(12-17(16)28-20)18(26)14-6-8-15(9-7-14)21(3,4)5/h6-9,13H,10-12H2,1-5H3,(H2,22,23,24,27). The highest BCUT2D eigenvalue weighted by Crippen LogP contribution is 2.29. The summed E-state index contributed by atoms with van der Waals surface area (Å²) in [5.41, 5.74) is 2.95. The van der Waals surface area contributed by atoms with Gasteiger partial charge in [-0.25, -0.2) is 9.78 Å². The first-order valence-corrected chi connectivity index (χ1v) is 10.4. The predicted octanol–water partition coefficient (Wildman–Crippen LogP) is 4.17. The number of aromatic nitrogens is 1. The molecular weight excluding hydrogens is 372 g/mol. The maximum Gasteiger partial charge on any atom is 0.321 e. The second kappa shape index (κ2) is 7.91. The lowest BCUT2D eigenvalue weighted by atomic mass is 9.86. The molecule has 0 radical (unpaired) electrons. The molecule has 0 atom stereocenters. The molecule has 0 bridgehead atoms. The molecule has 0 unspecified atom stereocenters. The highest BCUT2D eigenvalue weighted by Gasteiger charge is 2.25. The van der Waals surface area contributed by atoms with E-state index in [0.29, 0.717) is 30.2 Å². The van der Waals surface area contributed by atoms with Crippen LogP contribution in [0.5, 0.6) is 0 Å². The van der Waals surface area contributed by atoms with Crippen molar-refractivity contribution >= 4 is 28.4 Å². The zero-order valence-corrected chi connectivity index (χ0v) is 17.9. The number of urea groups is 1. The van der Waals surface area contributed by atoms with Crippen LogP contribution < -0.4 is 10.6 Å². The molecule has 0 spiro atoms. The molecule has 3 rings (SSSR count). The van der Waals surface area contributed by atoms with Gasteiger partial charge in [-0.15, -0.1) is 0 Å². The molecule has 0 saturated heterocycles. The van der Waals surface area contributed by atoms with Crippen LogP contribution in [0.3, 0.4) is 0 Å². The van der Waals surface area contributed by atoms with E-state index in [9.17, 15) is 9.59 Å². The Bertz CT molecular complexity index is 866. The Morgan fingerprint density at radius 1 is 1.18 bits per heavy atom. The fourth-order valence-corrected chi connectivity index (χ4v) is 4.13. The third-order valence-corrected chi connectivity index (χ3v) is 5.65. The van der Waals surface area contributed by atoms with Crippen molar-refractivity contribution in [2.75, 3.05) is 11.9 Å². The lowest BCUT2D eigenvalue weighted by Gasteiger charge is -2.26. The summed E-state index contributed by atoms with van der Waals surface area (Å²) in [6.07, 6.45) is 0.700. The number of hydrogen-bond acceptors (Lipinski definition) is 4. The van der Waals surface area contributed by atoms with Crippen molar-refractivity contribution in [1.82, 2.24) is 15.2 Å². The number of anilines is 1. The maximum absolute atomic E-state index is 12.9. The molecule has 7 heteroatoms. The first-order valence-electron chi connectivity index (χ1n) is 9.59. The van der Waals surface area contributed by atoms with Crippen LogP contribution in [-0.4, -0.2) is 34.4 Å². The average molecular weight is 401 g/mol. The van der Waals surface area contributed by atoms with Crippen LogP contribution in [0, 0.1) is 0 Å². The topological polar surface area (TPSA) is 74.3 Å². The van der Waals surface area contributed by atoms with Gasteiger partial charge in [0, 0.05) is 29.4 Å². The Hall–Kier alpha value is -2.41. The SMILES string of the molecule is CC(C)NC(=O)Nc1nc2c(s1)CN(C(=O)c1ccc(C(C)(C)C)cc1)CC2. The molecule has 0 aliphatic carbocycles. The highest BCUT2D eigenvalue weighted by atomic mass is 32.1. The number of fused-ring (bicyclic) bond motifs is 1. The third kappa shape index (κ3) is 4.70. The molecule has 1 aromatic carbocycles. The Morgan fingerprint density at radius 3 is 2.46 bits per heavy atom. The van der Waals surface area contributed by atoms with E-state index in [4.69, 9.17) is 0 Å². The average Bonchev–Trinajstić information content (AvgIpc) is 3.00. The number of nitrogens with zero attached hydrogens (tertiary/aromatic N) is 2. The Labute approximate surface area is 170 Å². The number of amides is 3. The van der Waals surface area contributed by atoms with Crippen LogP contribution in [0.2, 0.25) is 0 Å². The zero-order chi connectivity index (χ0) is 20.5. The van der Waals surface area contributed by atoms with E-state index in [1.54, 1.807) is 0 Å². The quantitative estimate of drug-likeness (QED) is 0.812. The van der Waals surface area contributed by atoms with Crippen molar-refractivity contribution in [1.29, 1.82) is 0 Å². The van der Waals surface area contributed by atoms with Gasteiger partial charge in [0.05, 0.1) is 12.2 Å².